The van der Waals surface area contributed by atoms with Crippen molar-refractivity contribution in [3.8, 4) is 0 Å². The topological polar surface area (TPSA) is 12.0 Å². The Morgan fingerprint density at radius 1 is 1.29 bits per heavy atom. The Balaban J connectivity index is 3.02. The van der Waals surface area contributed by atoms with Gasteiger partial charge in [-0.25, -0.2) is 0 Å². The summed E-state index contributed by atoms with van der Waals surface area (Å²) in [7, 11) is 0. The molecule has 1 heteroatoms. The Labute approximate surface area is 106 Å². The standard InChI is InChI=1S/C16H25N/c1-6-10-16(4,5)14-9-8-13(3)15(12-14)17-11-7-2/h7-9,11-12,17H,6,10H2,1-5H3/b11-7-. The van der Waals surface area contributed by atoms with Crippen LogP contribution in [-0.2, 0) is 5.41 Å². The smallest absolute Gasteiger partial charge is 0.0412 e. The van der Waals surface area contributed by atoms with E-state index in [-0.39, 0.29) is 5.41 Å². The molecule has 0 unspecified atom stereocenters. The van der Waals surface area contributed by atoms with Crippen LogP contribution in [0.2, 0.25) is 0 Å². The van der Waals surface area contributed by atoms with Crippen molar-refractivity contribution in [2.24, 2.45) is 0 Å². The summed E-state index contributed by atoms with van der Waals surface area (Å²) in [6.45, 7) is 11.0. The monoisotopic (exact) mass is 231 g/mol. The zero-order valence-electron chi connectivity index (χ0n) is 11.8. The highest BCUT2D eigenvalue weighted by Gasteiger charge is 2.19. The first-order valence-electron chi connectivity index (χ1n) is 6.50. The molecule has 0 fully saturated rings. The summed E-state index contributed by atoms with van der Waals surface area (Å²) in [6, 6.07) is 6.75. The molecular weight excluding hydrogens is 206 g/mol. The number of hydrogen-bond donors (Lipinski definition) is 1. The minimum atomic E-state index is 0.259. The molecule has 1 aromatic rings. The molecule has 0 aromatic heterocycles. The van der Waals surface area contributed by atoms with E-state index in [9.17, 15) is 0 Å². The molecule has 0 bridgehead atoms. The summed E-state index contributed by atoms with van der Waals surface area (Å²) < 4.78 is 0. The summed E-state index contributed by atoms with van der Waals surface area (Å²) in [4.78, 5) is 0. The van der Waals surface area contributed by atoms with Crippen molar-refractivity contribution in [2.45, 2.75) is 52.9 Å². The molecule has 0 atom stereocenters. The zero-order valence-corrected chi connectivity index (χ0v) is 11.8. The van der Waals surface area contributed by atoms with E-state index in [0.29, 0.717) is 0 Å². The highest BCUT2D eigenvalue weighted by molar-refractivity contribution is 5.55. The summed E-state index contributed by atoms with van der Waals surface area (Å²) in [6.07, 6.45) is 6.44. The van der Waals surface area contributed by atoms with Gasteiger partial charge in [0.15, 0.2) is 0 Å². The van der Waals surface area contributed by atoms with Gasteiger partial charge in [0, 0.05) is 5.69 Å². The van der Waals surface area contributed by atoms with Gasteiger partial charge in [0.25, 0.3) is 0 Å². The lowest BCUT2D eigenvalue weighted by Gasteiger charge is -2.25. The Bertz CT molecular complexity index is 389. The second kappa shape index (κ2) is 5.90. The minimum absolute atomic E-state index is 0.259. The number of allylic oxidation sites excluding steroid dienone is 1. The fraction of sp³-hybridized carbons (Fsp3) is 0.500. The van der Waals surface area contributed by atoms with Gasteiger partial charge >= 0.3 is 0 Å². The van der Waals surface area contributed by atoms with E-state index in [1.807, 2.05) is 19.2 Å². The van der Waals surface area contributed by atoms with Crippen LogP contribution in [0.25, 0.3) is 0 Å². The number of anilines is 1. The normalized spacial score (nSPS) is 12.1. The van der Waals surface area contributed by atoms with Crippen LogP contribution in [0.1, 0.15) is 51.7 Å². The average Bonchev–Trinajstić information content (AvgIpc) is 2.27. The van der Waals surface area contributed by atoms with Crippen LogP contribution in [0.15, 0.2) is 30.5 Å². The number of benzene rings is 1. The molecular formula is C16H25N. The molecule has 0 radical (unpaired) electrons. The Morgan fingerprint density at radius 3 is 2.59 bits per heavy atom. The van der Waals surface area contributed by atoms with E-state index in [2.05, 4.69) is 51.2 Å². The highest BCUT2D eigenvalue weighted by Crippen LogP contribution is 2.31. The lowest BCUT2D eigenvalue weighted by atomic mass is 9.80. The summed E-state index contributed by atoms with van der Waals surface area (Å²) in [5.74, 6) is 0. The molecule has 1 aromatic carbocycles. The number of aryl methyl sites for hydroxylation is 1. The number of nitrogens with one attached hydrogen (secondary N) is 1. The number of rotatable bonds is 5. The van der Waals surface area contributed by atoms with Crippen LogP contribution in [0, 0.1) is 6.92 Å². The van der Waals surface area contributed by atoms with E-state index in [4.69, 9.17) is 0 Å². The zero-order chi connectivity index (χ0) is 12.9. The number of hydrogen-bond acceptors (Lipinski definition) is 1. The van der Waals surface area contributed by atoms with Crippen molar-refractivity contribution >= 4 is 5.69 Å². The molecule has 94 valence electrons. The molecule has 0 saturated carbocycles. The lowest BCUT2D eigenvalue weighted by Crippen LogP contribution is -2.16. The molecule has 1 N–H and O–H groups in total. The van der Waals surface area contributed by atoms with Gasteiger partial charge in [-0.2, -0.15) is 0 Å². The van der Waals surface area contributed by atoms with Gasteiger partial charge < -0.3 is 5.32 Å². The maximum atomic E-state index is 3.34. The van der Waals surface area contributed by atoms with Gasteiger partial charge in [-0.1, -0.05) is 45.4 Å². The van der Waals surface area contributed by atoms with E-state index in [1.54, 1.807) is 0 Å². The first kappa shape index (κ1) is 13.8. The molecule has 0 aliphatic heterocycles. The van der Waals surface area contributed by atoms with Gasteiger partial charge in [-0.3, -0.25) is 0 Å². The van der Waals surface area contributed by atoms with Crippen molar-refractivity contribution in [2.75, 3.05) is 5.32 Å². The lowest BCUT2D eigenvalue weighted by molar-refractivity contribution is 0.473. The molecule has 0 heterocycles. The molecule has 1 nitrogen and oxygen atoms in total. The van der Waals surface area contributed by atoms with E-state index in [1.165, 1.54) is 29.7 Å². The molecule has 0 amide bonds. The first-order chi connectivity index (χ1) is 8.01. The van der Waals surface area contributed by atoms with Crippen LogP contribution >= 0.6 is 0 Å². The third-order valence-corrected chi connectivity index (χ3v) is 3.30. The maximum Gasteiger partial charge on any atom is 0.0412 e. The molecule has 1 rings (SSSR count). The van der Waals surface area contributed by atoms with Crippen LogP contribution < -0.4 is 5.32 Å². The summed E-state index contributed by atoms with van der Waals surface area (Å²) in [5.41, 5.74) is 4.18. The maximum absolute atomic E-state index is 3.34. The van der Waals surface area contributed by atoms with Crippen molar-refractivity contribution in [1.82, 2.24) is 0 Å². The molecule has 0 aliphatic carbocycles. The van der Waals surface area contributed by atoms with E-state index >= 15 is 0 Å². The first-order valence-corrected chi connectivity index (χ1v) is 6.50. The molecule has 17 heavy (non-hydrogen) atoms. The second-order valence-corrected chi connectivity index (χ2v) is 5.31. The van der Waals surface area contributed by atoms with Gasteiger partial charge in [-0.05, 0) is 49.1 Å². The van der Waals surface area contributed by atoms with Crippen LogP contribution in [0.4, 0.5) is 5.69 Å². The van der Waals surface area contributed by atoms with Gasteiger partial charge in [-0.15, -0.1) is 0 Å². The molecule has 0 aliphatic rings. The van der Waals surface area contributed by atoms with Gasteiger partial charge in [0.2, 0.25) is 0 Å². The minimum Gasteiger partial charge on any atom is -0.362 e. The second-order valence-electron chi connectivity index (χ2n) is 5.31. The van der Waals surface area contributed by atoms with Gasteiger partial charge in [0.05, 0.1) is 0 Å². The van der Waals surface area contributed by atoms with Crippen molar-refractivity contribution < 1.29 is 0 Å². The summed E-state index contributed by atoms with van der Waals surface area (Å²) in [5, 5.41) is 3.34. The Kier molecular flexibility index (Phi) is 4.80. The van der Waals surface area contributed by atoms with Crippen LogP contribution in [-0.4, -0.2) is 0 Å². The van der Waals surface area contributed by atoms with Crippen LogP contribution in [0.3, 0.4) is 0 Å². The average molecular weight is 231 g/mol. The summed E-state index contributed by atoms with van der Waals surface area (Å²) >= 11 is 0. The van der Waals surface area contributed by atoms with E-state index in [0.717, 1.165) is 0 Å². The van der Waals surface area contributed by atoms with Crippen molar-refractivity contribution in [3.05, 3.63) is 41.6 Å². The third-order valence-electron chi connectivity index (χ3n) is 3.30. The predicted molar refractivity (Wildman–Crippen MR) is 77.5 cm³/mol. The fourth-order valence-electron chi connectivity index (χ4n) is 2.14. The van der Waals surface area contributed by atoms with E-state index < -0.39 is 0 Å². The van der Waals surface area contributed by atoms with Gasteiger partial charge in [0.1, 0.15) is 0 Å². The van der Waals surface area contributed by atoms with Crippen LogP contribution in [0.5, 0.6) is 0 Å². The SMILES string of the molecule is C/C=C\Nc1cc(C(C)(C)CCC)ccc1C. The fourth-order valence-corrected chi connectivity index (χ4v) is 2.14. The molecule has 0 spiro atoms. The Morgan fingerprint density at radius 2 is 2.00 bits per heavy atom. The Hall–Kier alpha value is -1.24. The predicted octanol–water partition coefficient (Wildman–Crippen LogP) is 5.02. The van der Waals surface area contributed by atoms with Crippen molar-refractivity contribution in [3.63, 3.8) is 0 Å². The quantitative estimate of drug-likeness (QED) is 0.750. The largest absolute Gasteiger partial charge is 0.362 e. The van der Waals surface area contributed by atoms with Crippen molar-refractivity contribution in [1.29, 1.82) is 0 Å². The third kappa shape index (κ3) is 3.62. The molecule has 0 saturated heterocycles. The highest BCUT2D eigenvalue weighted by atomic mass is 14.8.